The average Bonchev–Trinajstić information content (AvgIpc) is 2.59. The predicted octanol–water partition coefficient (Wildman–Crippen LogP) is 3.53. The minimum absolute atomic E-state index is 0.743. The summed E-state index contributed by atoms with van der Waals surface area (Å²) in [5.74, 6) is 0.762. The summed E-state index contributed by atoms with van der Waals surface area (Å²) >= 11 is 6.67. The Hall–Kier alpha value is -1.02. The lowest BCUT2D eigenvalue weighted by Crippen LogP contribution is -2.35. The second-order valence-corrected chi connectivity index (χ2v) is 6.34. The van der Waals surface area contributed by atoms with Crippen molar-refractivity contribution in [2.24, 2.45) is 0 Å². The first-order chi connectivity index (χ1) is 11.2. The Morgan fingerprint density at radius 1 is 1.09 bits per heavy atom. The molecular formula is C16H19Br2N3O2. The van der Waals surface area contributed by atoms with Gasteiger partial charge in [-0.25, -0.2) is 9.97 Å². The van der Waals surface area contributed by atoms with Crippen LogP contribution in [0, 0.1) is 0 Å². The lowest BCUT2D eigenvalue weighted by atomic mass is 10.2. The van der Waals surface area contributed by atoms with Crippen molar-refractivity contribution in [2.75, 3.05) is 33.4 Å². The van der Waals surface area contributed by atoms with Crippen molar-refractivity contribution in [3.63, 3.8) is 0 Å². The Labute approximate surface area is 153 Å². The first-order valence-corrected chi connectivity index (χ1v) is 8.83. The van der Waals surface area contributed by atoms with E-state index in [1.165, 1.54) is 5.56 Å². The maximum absolute atomic E-state index is 5.30. The van der Waals surface area contributed by atoms with Crippen LogP contribution in [0.1, 0.15) is 5.56 Å². The fourth-order valence-corrected chi connectivity index (χ4v) is 2.85. The Balaban J connectivity index is 0.000000185. The van der Waals surface area contributed by atoms with Gasteiger partial charge in [0.15, 0.2) is 5.75 Å². The first kappa shape index (κ1) is 18.3. The van der Waals surface area contributed by atoms with Crippen LogP contribution in [-0.4, -0.2) is 48.3 Å². The van der Waals surface area contributed by atoms with Crippen LogP contribution in [0.3, 0.4) is 0 Å². The molecule has 2 aromatic heterocycles. The summed E-state index contributed by atoms with van der Waals surface area (Å²) in [6.07, 6.45) is 3.50. The molecule has 1 fully saturated rings. The van der Waals surface area contributed by atoms with E-state index in [4.69, 9.17) is 9.47 Å². The summed E-state index contributed by atoms with van der Waals surface area (Å²) in [5.41, 5.74) is 1.24. The summed E-state index contributed by atoms with van der Waals surface area (Å²) in [6, 6.07) is 7.74. The molecule has 1 saturated heterocycles. The molecule has 5 nitrogen and oxygen atoms in total. The SMILES string of the molecule is Brc1ncccc1CN1CCOCC1.COc1cccnc1Br. The van der Waals surface area contributed by atoms with E-state index >= 15 is 0 Å². The van der Waals surface area contributed by atoms with Gasteiger partial charge < -0.3 is 9.47 Å². The number of hydrogen-bond acceptors (Lipinski definition) is 5. The smallest absolute Gasteiger partial charge is 0.151 e. The van der Waals surface area contributed by atoms with Gasteiger partial charge in [0, 0.05) is 32.0 Å². The van der Waals surface area contributed by atoms with Crippen LogP contribution in [0.2, 0.25) is 0 Å². The fourth-order valence-electron chi connectivity index (χ4n) is 2.06. The minimum Gasteiger partial charge on any atom is -0.494 e. The monoisotopic (exact) mass is 443 g/mol. The molecule has 0 N–H and O–H groups in total. The number of halogens is 2. The van der Waals surface area contributed by atoms with Gasteiger partial charge >= 0.3 is 0 Å². The number of nitrogens with zero attached hydrogens (tertiary/aromatic N) is 3. The van der Waals surface area contributed by atoms with Crippen LogP contribution >= 0.6 is 31.9 Å². The van der Waals surface area contributed by atoms with Crippen LogP contribution in [0.4, 0.5) is 0 Å². The van der Waals surface area contributed by atoms with Crippen LogP contribution in [0.25, 0.3) is 0 Å². The Morgan fingerprint density at radius 3 is 2.30 bits per heavy atom. The summed E-state index contributed by atoms with van der Waals surface area (Å²) < 4.78 is 11.9. The lowest BCUT2D eigenvalue weighted by molar-refractivity contribution is 0.0340. The van der Waals surface area contributed by atoms with E-state index < -0.39 is 0 Å². The highest BCUT2D eigenvalue weighted by Gasteiger charge is 2.11. The fraction of sp³-hybridized carbons (Fsp3) is 0.375. The molecule has 0 radical (unpaired) electrons. The number of hydrogen-bond donors (Lipinski definition) is 0. The van der Waals surface area contributed by atoms with E-state index in [0.717, 1.165) is 47.8 Å². The van der Waals surface area contributed by atoms with Gasteiger partial charge in [-0.2, -0.15) is 0 Å². The molecule has 0 unspecified atom stereocenters. The molecule has 2 aromatic rings. The number of aromatic nitrogens is 2. The zero-order valence-electron chi connectivity index (χ0n) is 12.9. The highest BCUT2D eigenvalue weighted by atomic mass is 79.9. The zero-order chi connectivity index (χ0) is 16.5. The lowest BCUT2D eigenvalue weighted by Gasteiger charge is -2.26. The molecule has 3 rings (SSSR count). The van der Waals surface area contributed by atoms with Crippen LogP contribution < -0.4 is 4.74 Å². The number of morpholine rings is 1. The van der Waals surface area contributed by atoms with Crippen molar-refractivity contribution >= 4 is 31.9 Å². The quantitative estimate of drug-likeness (QED) is 0.677. The second-order valence-electron chi connectivity index (χ2n) is 4.84. The van der Waals surface area contributed by atoms with E-state index in [-0.39, 0.29) is 0 Å². The summed E-state index contributed by atoms with van der Waals surface area (Å²) in [7, 11) is 1.61. The van der Waals surface area contributed by atoms with E-state index in [1.54, 1.807) is 19.5 Å². The van der Waals surface area contributed by atoms with Gasteiger partial charge in [-0.05, 0) is 55.6 Å². The number of methoxy groups -OCH3 is 1. The topological polar surface area (TPSA) is 47.5 Å². The van der Waals surface area contributed by atoms with Gasteiger partial charge in [-0.15, -0.1) is 0 Å². The van der Waals surface area contributed by atoms with Crippen molar-refractivity contribution in [1.82, 2.24) is 14.9 Å². The molecule has 7 heteroatoms. The molecule has 0 bridgehead atoms. The van der Waals surface area contributed by atoms with Gasteiger partial charge in [-0.3, -0.25) is 4.90 Å². The Morgan fingerprint density at radius 2 is 1.74 bits per heavy atom. The van der Waals surface area contributed by atoms with Gasteiger partial charge in [-0.1, -0.05) is 6.07 Å². The van der Waals surface area contributed by atoms with Crippen molar-refractivity contribution in [3.05, 3.63) is 51.4 Å². The van der Waals surface area contributed by atoms with Gasteiger partial charge in [0.25, 0.3) is 0 Å². The molecular weight excluding hydrogens is 426 g/mol. The standard InChI is InChI=1S/C10H13BrN2O.C6H6BrNO/c11-10-9(2-1-3-12-10)8-13-4-6-14-7-5-13;1-9-5-3-2-4-8-6(5)7/h1-3H,4-8H2;2-4H,1H3. The number of ether oxygens (including phenoxy) is 2. The van der Waals surface area contributed by atoms with E-state index in [0.29, 0.717) is 0 Å². The van der Waals surface area contributed by atoms with Crippen molar-refractivity contribution in [3.8, 4) is 5.75 Å². The average molecular weight is 445 g/mol. The molecule has 124 valence electrons. The van der Waals surface area contributed by atoms with E-state index in [1.807, 2.05) is 18.2 Å². The molecule has 1 aliphatic heterocycles. The molecule has 3 heterocycles. The molecule has 0 atom stereocenters. The predicted molar refractivity (Wildman–Crippen MR) is 96.5 cm³/mol. The van der Waals surface area contributed by atoms with E-state index in [9.17, 15) is 0 Å². The third kappa shape index (κ3) is 6.18. The zero-order valence-corrected chi connectivity index (χ0v) is 16.1. The summed E-state index contributed by atoms with van der Waals surface area (Å²) in [4.78, 5) is 10.5. The van der Waals surface area contributed by atoms with Crippen molar-refractivity contribution in [1.29, 1.82) is 0 Å². The van der Waals surface area contributed by atoms with Gasteiger partial charge in [0.05, 0.1) is 20.3 Å². The molecule has 23 heavy (non-hydrogen) atoms. The summed E-state index contributed by atoms with van der Waals surface area (Å²) in [5, 5.41) is 0. The molecule has 0 amide bonds. The van der Waals surface area contributed by atoms with Gasteiger partial charge in [0.1, 0.15) is 9.21 Å². The van der Waals surface area contributed by atoms with Crippen LogP contribution in [0.15, 0.2) is 45.9 Å². The third-order valence-corrected chi connectivity index (χ3v) is 4.59. The van der Waals surface area contributed by atoms with Gasteiger partial charge in [0.2, 0.25) is 0 Å². The van der Waals surface area contributed by atoms with Crippen LogP contribution in [-0.2, 0) is 11.3 Å². The van der Waals surface area contributed by atoms with Crippen molar-refractivity contribution in [2.45, 2.75) is 6.54 Å². The maximum atomic E-state index is 5.30. The third-order valence-electron chi connectivity index (χ3n) is 3.28. The maximum Gasteiger partial charge on any atom is 0.151 e. The van der Waals surface area contributed by atoms with Crippen LogP contribution in [0.5, 0.6) is 5.75 Å². The number of pyridine rings is 2. The molecule has 0 saturated carbocycles. The van der Waals surface area contributed by atoms with E-state index in [2.05, 4.69) is 52.8 Å². The minimum atomic E-state index is 0.743. The van der Waals surface area contributed by atoms with Crippen molar-refractivity contribution < 1.29 is 9.47 Å². The second kappa shape index (κ2) is 9.97. The number of rotatable bonds is 3. The Kier molecular flexibility index (Phi) is 7.94. The summed E-state index contributed by atoms with van der Waals surface area (Å²) in [6.45, 7) is 4.68. The highest BCUT2D eigenvalue weighted by Crippen LogP contribution is 2.19. The first-order valence-electron chi connectivity index (χ1n) is 7.24. The largest absolute Gasteiger partial charge is 0.494 e. The molecule has 0 aliphatic carbocycles. The molecule has 0 spiro atoms. The molecule has 1 aliphatic rings. The Bertz CT molecular complexity index is 607. The molecule has 0 aromatic carbocycles. The highest BCUT2D eigenvalue weighted by molar-refractivity contribution is 9.10. The normalized spacial score (nSPS) is 14.7.